The number of thiocarbonyl (C=S) groups is 1. The minimum Gasteiger partial charge on any atom is -0.490 e. The lowest BCUT2D eigenvalue weighted by Gasteiger charge is -2.29. The van der Waals surface area contributed by atoms with Crippen molar-refractivity contribution >= 4 is 40.4 Å². The van der Waals surface area contributed by atoms with E-state index in [1.54, 1.807) is 12.1 Å². The van der Waals surface area contributed by atoms with Gasteiger partial charge >= 0.3 is 0 Å². The topological polar surface area (TPSA) is 30.9 Å². The van der Waals surface area contributed by atoms with Crippen molar-refractivity contribution in [3.63, 3.8) is 0 Å². The van der Waals surface area contributed by atoms with Crippen LogP contribution in [0.2, 0.25) is 10.0 Å². The van der Waals surface area contributed by atoms with Gasteiger partial charge in [-0.3, -0.25) is 0 Å². The molecule has 0 amide bonds. The third-order valence-electron chi connectivity index (χ3n) is 4.19. The summed E-state index contributed by atoms with van der Waals surface area (Å²) in [4.78, 5) is 2.95. The fourth-order valence-corrected chi connectivity index (χ4v) is 3.54. The van der Waals surface area contributed by atoms with Gasteiger partial charge in [-0.1, -0.05) is 41.5 Å². The maximum atomic E-state index is 6.22. The molecule has 7 heteroatoms. The van der Waals surface area contributed by atoms with Crippen LogP contribution in [0.15, 0.2) is 36.4 Å². The lowest BCUT2D eigenvalue weighted by atomic mass is 10.1. The number of halogens is 2. The molecule has 0 unspecified atom stereocenters. The Morgan fingerprint density at radius 3 is 2.56 bits per heavy atom. The van der Waals surface area contributed by atoms with E-state index in [0.29, 0.717) is 48.0 Å². The van der Waals surface area contributed by atoms with E-state index in [1.807, 2.05) is 31.2 Å². The summed E-state index contributed by atoms with van der Waals surface area (Å²) in [5, 5.41) is 1.17. The summed E-state index contributed by atoms with van der Waals surface area (Å²) in [7, 11) is 0. The first-order valence-corrected chi connectivity index (χ1v) is 9.95. The van der Waals surface area contributed by atoms with Crippen LogP contribution in [0.1, 0.15) is 18.1 Å². The highest BCUT2D eigenvalue weighted by molar-refractivity contribution is 7.80. The Morgan fingerprint density at radius 2 is 1.85 bits per heavy atom. The Hall–Kier alpha value is -1.53. The van der Waals surface area contributed by atoms with Gasteiger partial charge in [-0.15, -0.1) is 0 Å². The molecule has 0 atom stereocenters. The fourth-order valence-electron chi connectivity index (χ4n) is 2.77. The van der Waals surface area contributed by atoms with Gasteiger partial charge in [-0.05, 0) is 37.3 Å². The molecule has 27 heavy (non-hydrogen) atoms. The van der Waals surface area contributed by atoms with Crippen LogP contribution in [0.25, 0.3) is 0 Å². The van der Waals surface area contributed by atoms with E-state index in [-0.39, 0.29) is 0 Å². The zero-order chi connectivity index (χ0) is 19.2. The Balaban J connectivity index is 1.75. The van der Waals surface area contributed by atoms with Gasteiger partial charge in [0.25, 0.3) is 0 Å². The van der Waals surface area contributed by atoms with Gasteiger partial charge in [0, 0.05) is 34.3 Å². The van der Waals surface area contributed by atoms with E-state index in [1.165, 1.54) is 0 Å². The molecule has 0 aromatic heterocycles. The summed E-state index contributed by atoms with van der Waals surface area (Å²) in [6, 6.07) is 11.1. The SMILES string of the molecule is CCOc1cc(C(=S)N2CCOCC2)ccc1OCc1ccc(Cl)cc1Cl. The Kier molecular flexibility index (Phi) is 7.19. The molecule has 0 N–H and O–H groups in total. The zero-order valence-corrected chi connectivity index (χ0v) is 17.4. The summed E-state index contributed by atoms with van der Waals surface area (Å²) in [6.07, 6.45) is 0. The molecule has 144 valence electrons. The molecule has 1 fully saturated rings. The van der Waals surface area contributed by atoms with Crippen LogP contribution in [0, 0.1) is 0 Å². The van der Waals surface area contributed by atoms with Crippen molar-refractivity contribution in [2.24, 2.45) is 0 Å². The molecule has 1 aliphatic rings. The second-order valence-corrected chi connectivity index (χ2v) is 7.25. The van der Waals surface area contributed by atoms with E-state index >= 15 is 0 Å². The van der Waals surface area contributed by atoms with Crippen molar-refractivity contribution in [2.45, 2.75) is 13.5 Å². The van der Waals surface area contributed by atoms with Gasteiger partial charge in [-0.25, -0.2) is 0 Å². The summed E-state index contributed by atoms with van der Waals surface area (Å²) in [5.74, 6) is 1.31. The van der Waals surface area contributed by atoms with Crippen LogP contribution in [-0.2, 0) is 11.3 Å². The standard InChI is InChI=1S/C20H21Cl2NO3S/c1-2-25-19-11-14(20(27)23-7-9-24-10-8-23)4-6-18(19)26-13-15-3-5-16(21)12-17(15)22/h3-6,11-12H,2,7-10,13H2,1H3. The van der Waals surface area contributed by atoms with Gasteiger partial charge in [0.05, 0.1) is 19.8 Å². The molecule has 2 aromatic carbocycles. The molecule has 4 nitrogen and oxygen atoms in total. The molecular formula is C20H21Cl2NO3S. The Bertz CT molecular complexity index is 810. The summed E-state index contributed by atoms with van der Waals surface area (Å²) in [6.45, 7) is 5.79. The molecule has 3 rings (SSSR count). The van der Waals surface area contributed by atoms with Crippen molar-refractivity contribution < 1.29 is 14.2 Å². The van der Waals surface area contributed by atoms with E-state index in [2.05, 4.69) is 4.90 Å². The second-order valence-electron chi connectivity index (χ2n) is 6.02. The monoisotopic (exact) mass is 425 g/mol. The zero-order valence-electron chi connectivity index (χ0n) is 15.0. The molecule has 1 aliphatic heterocycles. The molecular weight excluding hydrogens is 405 g/mol. The average molecular weight is 426 g/mol. The maximum Gasteiger partial charge on any atom is 0.161 e. The molecule has 0 saturated carbocycles. The van der Waals surface area contributed by atoms with Crippen LogP contribution in [0.5, 0.6) is 11.5 Å². The van der Waals surface area contributed by atoms with Crippen LogP contribution in [0.4, 0.5) is 0 Å². The number of rotatable bonds is 6. The number of morpholine rings is 1. The van der Waals surface area contributed by atoms with Crippen LogP contribution >= 0.6 is 35.4 Å². The third kappa shape index (κ3) is 5.26. The molecule has 1 saturated heterocycles. The number of ether oxygens (including phenoxy) is 3. The summed E-state index contributed by atoms with van der Waals surface area (Å²) in [5.41, 5.74) is 1.80. The van der Waals surface area contributed by atoms with Crippen molar-refractivity contribution in [1.29, 1.82) is 0 Å². The van der Waals surface area contributed by atoms with E-state index in [9.17, 15) is 0 Å². The predicted molar refractivity (Wildman–Crippen MR) is 112 cm³/mol. The minimum atomic E-state index is 0.323. The lowest BCUT2D eigenvalue weighted by molar-refractivity contribution is 0.0693. The number of hydrogen-bond donors (Lipinski definition) is 0. The number of benzene rings is 2. The highest BCUT2D eigenvalue weighted by Crippen LogP contribution is 2.31. The number of nitrogens with zero attached hydrogens (tertiary/aromatic N) is 1. The molecule has 2 aromatic rings. The molecule has 0 aliphatic carbocycles. The quantitative estimate of drug-likeness (QED) is 0.609. The highest BCUT2D eigenvalue weighted by atomic mass is 35.5. The number of hydrogen-bond acceptors (Lipinski definition) is 4. The average Bonchev–Trinajstić information content (AvgIpc) is 2.68. The van der Waals surface area contributed by atoms with Gasteiger partial charge < -0.3 is 19.1 Å². The summed E-state index contributed by atoms with van der Waals surface area (Å²) >= 11 is 17.8. The van der Waals surface area contributed by atoms with Crippen molar-refractivity contribution in [3.05, 3.63) is 57.6 Å². The van der Waals surface area contributed by atoms with Crippen LogP contribution in [-0.4, -0.2) is 42.8 Å². The van der Waals surface area contributed by atoms with E-state index in [0.717, 1.165) is 29.2 Å². The van der Waals surface area contributed by atoms with Crippen LogP contribution < -0.4 is 9.47 Å². The highest BCUT2D eigenvalue weighted by Gasteiger charge is 2.17. The van der Waals surface area contributed by atoms with Crippen LogP contribution in [0.3, 0.4) is 0 Å². The third-order valence-corrected chi connectivity index (χ3v) is 5.27. The van der Waals surface area contributed by atoms with E-state index in [4.69, 9.17) is 49.6 Å². The van der Waals surface area contributed by atoms with Gasteiger partial charge in [-0.2, -0.15) is 0 Å². The van der Waals surface area contributed by atoms with Crippen molar-refractivity contribution in [1.82, 2.24) is 4.90 Å². The van der Waals surface area contributed by atoms with Crippen molar-refractivity contribution in [2.75, 3.05) is 32.9 Å². The first kappa shape index (κ1) is 20.2. The van der Waals surface area contributed by atoms with Gasteiger partial charge in [0.1, 0.15) is 11.6 Å². The first-order chi connectivity index (χ1) is 13.1. The Labute approximate surface area is 174 Å². The normalized spacial score (nSPS) is 14.1. The molecule has 0 bridgehead atoms. The lowest BCUT2D eigenvalue weighted by Crippen LogP contribution is -2.40. The van der Waals surface area contributed by atoms with Crippen molar-refractivity contribution in [3.8, 4) is 11.5 Å². The molecule has 0 radical (unpaired) electrons. The van der Waals surface area contributed by atoms with E-state index < -0.39 is 0 Å². The Morgan fingerprint density at radius 1 is 1.07 bits per heavy atom. The molecule has 0 spiro atoms. The fraction of sp³-hybridized carbons (Fsp3) is 0.350. The largest absolute Gasteiger partial charge is 0.490 e. The smallest absolute Gasteiger partial charge is 0.161 e. The van der Waals surface area contributed by atoms with Gasteiger partial charge in [0.15, 0.2) is 11.5 Å². The molecule has 1 heterocycles. The van der Waals surface area contributed by atoms with Gasteiger partial charge in [0.2, 0.25) is 0 Å². The maximum absolute atomic E-state index is 6.22. The first-order valence-electron chi connectivity index (χ1n) is 8.79. The summed E-state index contributed by atoms with van der Waals surface area (Å²) < 4.78 is 17.1. The second kappa shape index (κ2) is 9.60. The minimum absolute atomic E-state index is 0.323. The predicted octanol–water partition coefficient (Wildman–Crippen LogP) is 4.98.